The van der Waals surface area contributed by atoms with E-state index in [4.69, 9.17) is 0 Å². The Morgan fingerprint density at radius 1 is 1.88 bits per heavy atom. The Morgan fingerprint density at radius 2 is 2.75 bits per heavy atom. The Kier molecular flexibility index (Phi) is 2.60. The fourth-order valence-electron chi connectivity index (χ4n) is 0.315. The summed E-state index contributed by atoms with van der Waals surface area (Å²) >= 11 is 3.90. The molecule has 3 nitrogen and oxygen atoms in total. The number of thioether (sulfide) groups is 1. The van der Waals surface area contributed by atoms with Crippen LogP contribution in [0.15, 0.2) is 11.5 Å². The number of rotatable bonds is 2. The number of aromatic amines is 1. The van der Waals surface area contributed by atoms with Crippen molar-refractivity contribution in [1.29, 1.82) is 0 Å². The molecule has 1 aromatic heterocycles. The van der Waals surface area contributed by atoms with E-state index in [1.54, 1.807) is 11.8 Å². The van der Waals surface area contributed by atoms with Crippen molar-refractivity contribution in [3.63, 3.8) is 0 Å². The highest BCUT2D eigenvalue weighted by atomic mass is 127. The van der Waals surface area contributed by atoms with Crippen LogP contribution in [0.1, 0.15) is 0 Å². The van der Waals surface area contributed by atoms with Gasteiger partial charge in [0.15, 0.2) is 5.16 Å². The second-order valence-electron chi connectivity index (χ2n) is 1.04. The molecule has 1 N–H and O–H groups in total. The first-order valence-electron chi connectivity index (χ1n) is 1.97. The number of nitrogens with zero attached hydrogens (tertiary/aromatic N) is 2. The maximum Gasteiger partial charge on any atom is 0.184 e. The molecular formula is C3H4IN3S. The molecular weight excluding hydrogens is 237 g/mol. The molecule has 1 rings (SSSR count). The minimum absolute atomic E-state index is 0.888. The number of alkyl halides is 1. The fraction of sp³-hybridized carbons (Fsp3) is 0.333. The molecule has 0 bridgehead atoms. The van der Waals surface area contributed by atoms with Crippen LogP contribution in [0.4, 0.5) is 0 Å². The van der Waals surface area contributed by atoms with Crippen molar-refractivity contribution in [2.24, 2.45) is 0 Å². The van der Waals surface area contributed by atoms with E-state index in [0.717, 1.165) is 8.92 Å². The molecule has 1 heterocycles. The molecule has 0 atom stereocenters. The molecule has 0 radical (unpaired) electrons. The van der Waals surface area contributed by atoms with Crippen LogP contribution in [0.5, 0.6) is 0 Å². The molecule has 0 aromatic carbocycles. The van der Waals surface area contributed by atoms with Crippen LogP contribution in [0.2, 0.25) is 0 Å². The number of aromatic nitrogens is 3. The van der Waals surface area contributed by atoms with Crippen LogP contribution in [0.3, 0.4) is 0 Å². The first kappa shape index (κ1) is 6.34. The van der Waals surface area contributed by atoms with Gasteiger partial charge in [-0.1, -0.05) is 34.4 Å². The van der Waals surface area contributed by atoms with Crippen LogP contribution in [0, 0.1) is 0 Å². The third-order valence-corrected chi connectivity index (χ3v) is 2.10. The topological polar surface area (TPSA) is 41.6 Å². The third-order valence-electron chi connectivity index (χ3n) is 0.584. The van der Waals surface area contributed by atoms with Gasteiger partial charge in [0, 0.05) is 0 Å². The summed E-state index contributed by atoms with van der Waals surface area (Å²) in [6, 6.07) is 0. The summed E-state index contributed by atoms with van der Waals surface area (Å²) in [7, 11) is 0. The summed E-state index contributed by atoms with van der Waals surface area (Å²) in [4.78, 5) is 3.90. The number of halogens is 1. The lowest BCUT2D eigenvalue weighted by Gasteiger charge is -1.83. The zero-order chi connectivity index (χ0) is 5.82. The van der Waals surface area contributed by atoms with Crippen LogP contribution >= 0.6 is 34.4 Å². The van der Waals surface area contributed by atoms with Crippen LogP contribution in [-0.2, 0) is 0 Å². The van der Waals surface area contributed by atoms with Gasteiger partial charge >= 0.3 is 0 Å². The van der Waals surface area contributed by atoms with Crippen molar-refractivity contribution >= 4 is 34.4 Å². The molecule has 0 aliphatic rings. The van der Waals surface area contributed by atoms with Crippen LogP contribution in [-0.4, -0.2) is 18.9 Å². The molecule has 1 aromatic rings. The first-order chi connectivity index (χ1) is 3.93. The molecule has 0 saturated heterocycles. The van der Waals surface area contributed by atoms with Gasteiger partial charge in [0.05, 0.1) is 3.76 Å². The van der Waals surface area contributed by atoms with E-state index in [2.05, 4.69) is 37.8 Å². The highest BCUT2D eigenvalue weighted by molar-refractivity contribution is 14.1. The van der Waals surface area contributed by atoms with Crippen LogP contribution < -0.4 is 0 Å². The third kappa shape index (κ3) is 1.62. The molecule has 0 spiro atoms. The van der Waals surface area contributed by atoms with E-state index in [1.165, 1.54) is 6.33 Å². The zero-order valence-corrected chi connectivity index (χ0v) is 6.94. The standard InChI is InChI=1S/C3H4IN3S/c4-1-8-3-5-2-6-7-3/h2H,1H2,(H,5,6,7). The maximum absolute atomic E-state index is 3.90. The second kappa shape index (κ2) is 3.29. The molecule has 0 amide bonds. The van der Waals surface area contributed by atoms with Crippen molar-refractivity contribution in [1.82, 2.24) is 15.2 Å². The quantitative estimate of drug-likeness (QED) is 0.482. The summed E-state index contributed by atoms with van der Waals surface area (Å²) in [5.74, 6) is 0. The summed E-state index contributed by atoms with van der Waals surface area (Å²) in [6.45, 7) is 0. The number of H-pyrrole nitrogens is 1. The van der Waals surface area contributed by atoms with E-state index in [9.17, 15) is 0 Å². The average molecular weight is 241 g/mol. The lowest BCUT2D eigenvalue weighted by Crippen LogP contribution is -1.71. The summed E-state index contributed by atoms with van der Waals surface area (Å²) in [5.41, 5.74) is 0. The van der Waals surface area contributed by atoms with Gasteiger partial charge in [-0.2, -0.15) is 5.10 Å². The Balaban J connectivity index is 2.50. The predicted octanol–water partition coefficient (Wildman–Crippen LogP) is 1.29. The lowest BCUT2D eigenvalue weighted by atomic mass is 11.3. The smallest absolute Gasteiger partial charge is 0.184 e. The molecule has 0 aliphatic heterocycles. The molecule has 0 fully saturated rings. The minimum Gasteiger partial charge on any atom is -0.254 e. The summed E-state index contributed by atoms with van der Waals surface area (Å²) in [5, 5.41) is 7.30. The second-order valence-corrected chi connectivity index (χ2v) is 3.81. The fourth-order valence-corrected chi connectivity index (χ4v) is 1.54. The van der Waals surface area contributed by atoms with Crippen LogP contribution in [0.25, 0.3) is 0 Å². The zero-order valence-electron chi connectivity index (χ0n) is 3.97. The summed E-state index contributed by atoms with van der Waals surface area (Å²) in [6.07, 6.45) is 1.51. The van der Waals surface area contributed by atoms with Crippen molar-refractivity contribution in [2.45, 2.75) is 5.16 Å². The monoisotopic (exact) mass is 241 g/mol. The van der Waals surface area contributed by atoms with Gasteiger partial charge < -0.3 is 0 Å². The molecule has 44 valence electrons. The number of hydrogen-bond donors (Lipinski definition) is 1. The predicted molar refractivity (Wildman–Crippen MR) is 41.1 cm³/mol. The highest BCUT2D eigenvalue weighted by Crippen LogP contribution is 2.12. The van der Waals surface area contributed by atoms with E-state index in [1.807, 2.05) is 0 Å². The lowest BCUT2D eigenvalue weighted by molar-refractivity contribution is 0.976. The van der Waals surface area contributed by atoms with Gasteiger partial charge in [-0.25, -0.2) is 4.98 Å². The van der Waals surface area contributed by atoms with Crippen molar-refractivity contribution in [3.05, 3.63) is 6.33 Å². The van der Waals surface area contributed by atoms with E-state index < -0.39 is 0 Å². The SMILES string of the molecule is ICSc1ncn[nH]1. The molecule has 5 heteroatoms. The molecule has 0 unspecified atom stereocenters. The Hall–Kier alpha value is 0.220. The van der Waals surface area contributed by atoms with E-state index >= 15 is 0 Å². The van der Waals surface area contributed by atoms with Gasteiger partial charge in [-0.15, -0.1) is 0 Å². The molecule has 0 aliphatic carbocycles. The highest BCUT2D eigenvalue weighted by Gasteiger charge is 1.90. The number of hydrogen-bond acceptors (Lipinski definition) is 3. The Morgan fingerprint density at radius 3 is 3.25 bits per heavy atom. The number of nitrogens with one attached hydrogen (secondary N) is 1. The van der Waals surface area contributed by atoms with E-state index in [0.29, 0.717) is 0 Å². The Bertz CT molecular complexity index is 140. The van der Waals surface area contributed by atoms with Gasteiger partial charge in [0.2, 0.25) is 0 Å². The molecule has 0 saturated carbocycles. The summed E-state index contributed by atoms with van der Waals surface area (Å²) < 4.78 is 1.01. The van der Waals surface area contributed by atoms with E-state index in [-0.39, 0.29) is 0 Å². The largest absolute Gasteiger partial charge is 0.254 e. The van der Waals surface area contributed by atoms with Gasteiger partial charge in [-0.05, 0) is 0 Å². The Labute approximate surface area is 64.8 Å². The minimum atomic E-state index is 0.888. The van der Waals surface area contributed by atoms with Crippen molar-refractivity contribution in [2.75, 3.05) is 3.76 Å². The molecule has 8 heavy (non-hydrogen) atoms. The average Bonchev–Trinajstić information content (AvgIpc) is 2.19. The van der Waals surface area contributed by atoms with Gasteiger partial charge in [-0.3, -0.25) is 5.10 Å². The van der Waals surface area contributed by atoms with Gasteiger partial charge in [0.25, 0.3) is 0 Å². The normalized spacial score (nSPS) is 9.62. The first-order valence-corrected chi connectivity index (χ1v) is 4.48. The van der Waals surface area contributed by atoms with Crippen molar-refractivity contribution < 1.29 is 0 Å². The van der Waals surface area contributed by atoms with Crippen molar-refractivity contribution in [3.8, 4) is 0 Å². The van der Waals surface area contributed by atoms with Gasteiger partial charge in [0.1, 0.15) is 6.33 Å². The maximum atomic E-state index is 3.90.